The Hall–Kier alpha value is -3.53. The van der Waals surface area contributed by atoms with Crippen LogP contribution in [-0.4, -0.2) is 17.1 Å². The number of thioether (sulfide) groups is 1. The van der Waals surface area contributed by atoms with Gasteiger partial charge >= 0.3 is 0 Å². The van der Waals surface area contributed by atoms with Crippen molar-refractivity contribution in [1.82, 2.24) is 0 Å². The van der Waals surface area contributed by atoms with Gasteiger partial charge in [0, 0.05) is 16.4 Å². The quantitative estimate of drug-likeness (QED) is 0.343. The van der Waals surface area contributed by atoms with Crippen LogP contribution in [0.3, 0.4) is 0 Å². The summed E-state index contributed by atoms with van der Waals surface area (Å²) < 4.78 is 0. The van der Waals surface area contributed by atoms with Crippen LogP contribution in [-0.2, 0) is 22.4 Å². The van der Waals surface area contributed by atoms with Crippen LogP contribution in [0.15, 0.2) is 89.5 Å². The Kier molecular flexibility index (Phi) is 7.36. The minimum absolute atomic E-state index is 0.102. The molecule has 0 aromatic heterocycles. The van der Waals surface area contributed by atoms with E-state index in [0.717, 1.165) is 17.5 Å². The molecule has 1 aliphatic rings. The summed E-state index contributed by atoms with van der Waals surface area (Å²) in [7, 11) is 0. The average Bonchev–Trinajstić information content (AvgIpc) is 3.16. The zero-order valence-corrected chi connectivity index (χ0v) is 20.1. The van der Waals surface area contributed by atoms with Crippen molar-refractivity contribution in [3.63, 3.8) is 0 Å². The van der Waals surface area contributed by atoms with Gasteiger partial charge in [0.25, 0.3) is 5.91 Å². The molecule has 1 N–H and O–H groups in total. The van der Waals surface area contributed by atoms with E-state index in [1.165, 1.54) is 16.7 Å². The van der Waals surface area contributed by atoms with Gasteiger partial charge in [-0.2, -0.15) is 5.26 Å². The molecule has 0 bridgehead atoms. The Morgan fingerprint density at radius 3 is 2.44 bits per heavy atom. The van der Waals surface area contributed by atoms with Crippen LogP contribution in [0.4, 0.5) is 11.4 Å². The number of hydrogen-bond donors (Lipinski definition) is 1. The lowest BCUT2D eigenvalue weighted by molar-refractivity contribution is -0.117. The van der Waals surface area contributed by atoms with Gasteiger partial charge in [-0.05, 0) is 60.4 Å². The standard InChI is InChI=1S/C27H22ClN3O2S/c1-2-18-11-13-21(14-12-18)30-25(32)23(17-29)27-31(22-9-4-3-5-10-22)26(33)24(34-27)16-19-7-6-8-20(28)15-19/h3-15,24H,2,16H2,1H3,(H,30,32)/b27-23+/t24-/m1/s1. The first-order valence-electron chi connectivity index (χ1n) is 10.8. The summed E-state index contributed by atoms with van der Waals surface area (Å²) >= 11 is 7.35. The Balaban J connectivity index is 1.69. The Morgan fingerprint density at radius 2 is 1.79 bits per heavy atom. The first-order chi connectivity index (χ1) is 16.5. The van der Waals surface area contributed by atoms with Gasteiger partial charge < -0.3 is 5.32 Å². The molecule has 170 valence electrons. The molecule has 1 fully saturated rings. The smallest absolute Gasteiger partial charge is 0.269 e. The molecule has 5 nitrogen and oxygen atoms in total. The lowest BCUT2D eigenvalue weighted by Crippen LogP contribution is -2.30. The predicted octanol–water partition coefficient (Wildman–Crippen LogP) is 5.97. The van der Waals surface area contributed by atoms with Gasteiger partial charge in [0.1, 0.15) is 16.7 Å². The van der Waals surface area contributed by atoms with Gasteiger partial charge in [-0.1, -0.05) is 72.8 Å². The van der Waals surface area contributed by atoms with Crippen LogP contribution in [0.2, 0.25) is 5.02 Å². The maximum absolute atomic E-state index is 13.5. The molecule has 34 heavy (non-hydrogen) atoms. The average molecular weight is 488 g/mol. The number of nitriles is 1. The van der Waals surface area contributed by atoms with Gasteiger partial charge in [-0.25, -0.2) is 0 Å². The van der Waals surface area contributed by atoms with E-state index in [1.807, 2.05) is 54.6 Å². The minimum Gasteiger partial charge on any atom is -0.321 e. The molecule has 1 aliphatic heterocycles. The van der Waals surface area contributed by atoms with E-state index in [0.29, 0.717) is 27.8 Å². The van der Waals surface area contributed by atoms with Crippen molar-refractivity contribution >= 4 is 46.6 Å². The highest BCUT2D eigenvalue weighted by atomic mass is 35.5. The molecule has 1 atom stereocenters. The van der Waals surface area contributed by atoms with E-state index >= 15 is 0 Å². The number of rotatable bonds is 6. The fraction of sp³-hybridized carbons (Fsp3) is 0.148. The molecule has 3 aromatic carbocycles. The largest absolute Gasteiger partial charge is 0.321 e. The molecule has 1 saturated heterocycles. The molecule has 0 spiro atoms. The summed E-state index contributed by atoms with van der Waals surface area (Å²) in [6.45, 7) is 2.05. The molecule has 3 aromatic rings. The first kappa shape index (κ1) is 23.6. The van der Waals surface area contributed by atoms with Crippen molar-refractivity contribution < 1.29 is 9.59 Å². The van der Waals surface area contributed by atoms with Gasteiger partial charge in [-0.3, -0.25) is 14.5 Å². The number of aryl methyl sites for hydroxylation is 1. The molecule has 0 aliphatic carbocycles. The van der Waals surface area contributed by atoms with Gasteiger partial charge in [0.2, 0.25) is 5.91 Å². The van der Waals surface area contributed by atoms with Crippen molar-refractivity contribution in [2.45, 2.75) is 25.0 Å². The summed E-state index contributed by atoms with van der Waals surface area (Å²) in [5.41, 5.74) is 3.15. The minimum atomic E-state index is -0.550. The number of carbonyl (C=O) groups excluding carboxylic acids is 2. The number of para-hydroxylation sites is 1. The topological polar surface area (TPSA) is 73.2 Å². The van der Waals surface area contributed by atoms with E-state index in [2.05, 4.69) is 12.2 Å². The third kappa shape index (κ3) is 5.17. The third-order valence-corrected chi connectivity index (χ3v) is 6.95. The highest BCUT2D eigenvalue weighted by Crippen LogP contribution is 2.42. The Labute approximate surface area is 208 Å². The van der Waals surface area contributed by atoms with Crippen LogP contribution >= 0.6 is 23.4 Å². The number of nitrogens with zero attached hydrogens (tertiary/aromatic N) is 2. The maximum Gasteiger partial charge on any atom is 0.269 e. The highest BCUT2D eigenvalue weighted by molar-refractivity contribution is 8.05. The van der Waals surface area contributed by atoms with Crippen molar-refractivity contribution in [2.75, 3.05) is 10.2 Å². The lowest BCUT2D eigenvalue weighted by Gasteiger charge is -2.18. The van der Waals surface area contributed by atoms with E-state index in [9.17, 15) is 14.9 Å². The SMILES string of the molecule is CCc1ccc(NC(=O)/C(C#N)=C2/S[C@H](Cc3cccc(Cl)c3)C(=O)N2c2ccccc2)cc1. The summed E-state index contributed by atoms with van der Waals surface area (Å²) in [5, 5.41) is 13.2. The number of anilines is 2. The second-order valence-electron chi connectivity index (χ2n) is 7.75. The lowest BCUT2D eigenvalue weighted by atomic mass is 10.1. The van der Waals surface area contributed by atoms with E-state index < -0.39 is 11.2 Å². The monoisotopic (exact) mass is 487 g/mol. The number of amides is 2. The fourth-order valence-corrected chi connectivity index (χ4v) is 5.22. The predicted molar refractivity (Wildman–Crippen MR) is 138 cm³/mol. The van der Waals surface area contributed by atoms with E-state index in [4.69, 9.17) is 11.6 Å². The third-order valence-electron chi connectivity index (χ3n) is 5.45. The summed E-state index contributed by atoms with van der Waals surface area (Å²) in [6, 6.07) is 25.9. The van der Waals surface area contributed by atoms with Crippen molar-refractivity contribution in [2.24, 2.45) is 0 Å². The normalized spacial score (nSPS) is 16.8. The molecule has 0 unspecified atom stereocenters. The molecular weight excluding hydrogens is 466 g/mol. The van der Waals surface area contributed by atoms with E-state index in [-0.39, 0.29) is 11.5 Å². The van der Waals surface area contributed by atoms with Crippen LogP contribution < -0.4 is 10.2 Å². The molecular formula is C27H22ClN3O2S. The highest BCUT2D eigenvalue weighted by Gasteiger charge is 2.40. The van der Waals surface area contributed by atoms with Crippen LogP contribution in [0, 0.1) is 11.3 Å². The molecule has 1 heterocycles. The zero-order chi connectivity index (χ0) is 24.1. The first-order valence-corrected chi connectivity index (χ1v) is 12.1. The molecule has 0 saturated carbocycles. The van der Waals surface area contributed by atoms with Crippen molar-refractivity contribution in [1.29, 1.82) is 5.26 Å². The molecule has 0 radical (unpaired) electrons. The number of nitrogens with one attached hydrogen (secondary N) is 1. The van der Waals surface area contributed by atoms with Crippen molar-refractivity contribution in [3.8, 4) is 6.07 Å². The Morgan fingerprint density at radius 1 is 1.06 bits per heavy atom. The summed E-state index contributed by atoms with van der Waals surface area (Å²) in [6.07, 6.45) is 1.32. The van der Waals surface area contributed by atoms with Crippen LogP contribution in [0.5, 0.6) is 0 Å². The van der Waals surface area contributed by atoms with E-state index in [1.54, 1.807) is 30.3 Å². The van der Waals surface area contributed by atoms with Crippen LogP contribution in [0.25, 0.3) is 0 Å². The second kappa shape index (κ2) is 10.6. The number of benzene rings is 3. The summed E-state index contributed by atoms with van der Waals surface area (Å²) in [5.74, 6) is -0.731. The number of halogens is 1. The fourth-order valence-electron chi connectivity index (χ4n) is 3.69. The van der Waals surface area contributed by atoms with Crippen molar-refractivity contribution in [3.05, 3.63) is 106 Å². The Bertz CT molecular complexity index is 1280. The second-order valence-corrected chi connectivity index (χ2v) is 9.37. The summed E-state index contributed by atoms with van der Waals surface area (Å²) in [4.78, 5) is 28.1. The van der Waals surface area contributed by atoms with Gasteiger partial charge in [0.05, 0.1) is 5.25 Å². The number of hydrogen-bond acceptors (Lipinski definition) is 4. The van der Waals surface area contributed by atoms with Gasteiger partial charge in [0.15, 0.2) is 0 Å². The maximum atomic E-state index is 13.5. The number of carbonyl (C=O) groups is 2. The van der Waals surface area contributed by atoms with Gasteiger partial charge in [-0.15, -0.1) is 0 Å². The van der Waals surface area contributed by atoms with Crippen LogP contribution in [0.1, 0.15) is 18.1 Å². The zero-order valence-electron chi connectivity index (χ0n) is 18.5. The molecule has 2 amide bonds. The molecule has 7 heteroatoms. The molecule has 4 rings (SSSR count).